The maximum absolute atomic E-state index is 6.51. The van der Waals surface area contributed by atoms with E-state index in [4.69, 9.17) is 9.73 Å². The Bertz CT molecular complexity index is 755. The van der Waals surface area contributed by atoms with E-state index in [0.717, 1.165) is 28.9 Å². The van der Waals surface area contributed by atoms with Crippen LogP contribution in [0.15, 0.2) is 58.0 Å². The van der Waals surface area contributed by atoms with Gasteiger partial charge in [-0.1, -0.05) is 46.3 Å². The van der Waals surface area contributed by atoms with E-state index in [1.807, 2.05) is 17.8 Å². The molecule has 1 fully saturated rings. The van der Waals surface area contributed by atoms with E-state index in [9.17, 15) is 0 Å². The number of aliphatic imine (C=N–C) groups is 1. The van der Waals surface area contributed by atoms with Crippen molar-refractivity contribution < 1.29 is 4.74 Å². The second kappa shape index (κ2) is 5.76. The summed E-state index contributed by atoms with van der Waals surface area (Å²) in [6.45, 7) is 3.03. The van der Waals surface area contributed by atoms with Crippen molar-refractivity contribution in [3.63, 3.8) is 0 Å². The average Bonchev–Trinajstić information content (AvgIpc) is 2.61. The van der Waals surface area contributed by atoms with Crippen molar-refractivity contribution in [1.82, 2.24) is 0 Å². The molecule has 0 unspecified atom stereocenters. The highest BCUT2D eigenvalue weighted by molar-refractivity contribution is 9.10. The summed E-state index contributed by atoms with van der Waals surface area (Å²) in [5.41, 5.74) is 3.12. The summed E-state index contributed by atoms with van der Waals surface area (Å²) in [4.78, 5) is 4.35. The van der Waals surface area contributed by atoms with Crippen molar-refractivity contribution in [2.75, 3.05) is 12.4 Å². The first kappa shape index (κ1) is 15.4. The van der Waals surface area contributed by atoms with Crippen LogP contribution in [-0.4, -0.2) is 18.6 Å². The molecule has 0 aliphatic carbocycles. The number of benzene rings is 2. The van der Waals surface area contributed by atoms with Crippen LogP contribution in [0.5, 0.6) is 0 Å². The molecule has 2 aliphatic rings. The quantitative estimate of drug-likeness (QED) is 0.650. The zero-order valence-electron chi connectivity index (χ0n) is 13.0. The number of hydrogen-bond acceptors (Lipinski definition) is 3. The summed E-state index contributed by atoms with van der Waals surface area (Å²) >= 11 is 5.52. The Morgan fingerprint density at radius 1 is 1.17 bits per heavy atom. The van der Waals surface area contributed by atoms with Gasteiger partial charge in [-0.25, -0.2) is 0 Å². The number of halogens is 1. The Morgan fingerprint density at radius 2 is 2.00 bits per heavy atom. The maximum Gasteiger partial charge on any atom is 0.155 e. The predicted molar refractivity (Wildman–Crippen MR) is 101 cm³/mol. The van der Waals surface area contributed by atoms with E-state index in [1.54, 1.807) is 0 Å². The monoisotopic (exact) mass is 387 g/mol. The van der Waals surface area contributed by atoms with Crippen molar-refractivity contribution in [2.24, 2.45) is 4.99 Å². The van der Waals surface area contributed by atoms with Gasteiger partial charge in [-0.2, -0.15) is 0 Å². The molecule has 1 saturated heterocycles. The lowest BCUT2D eigenvalue weighted by molar-refractivity contribution is -0.0162. The molecule has 0 N–H and O–H groups in total. The third kappa shape index (κ3) is 2.31. The standard InChI is InChI=1S/C19H18BrNOS/c1-18(14-6-3-2-4-7-14)13-21-17-9-8-15(20)12-16(17)19(18)22-10-5-11-23-19/h2-4,6-9,12-13H,5,10-11H2,1H3/t18-,19+/m0/s1. The first-order valence-electron chi connectivity index (χ1n) is 7.84. The molecule has 0 radical (unpaired) electrons. The molecule has 0 aromatic heterocycles. The summed E-state index contributed by atoms with van der Waals surface area (Å²) < 4.78 is 7.58. The normalized spacial score (nSPS) is 29.5. The minimum Gasteiger partial charge on any atom is -0.359 e. The summed E-state index contributed by atoms with van der Waals surface area (Å²) in [6, 6.07) is 16.9. The fourth-order valence-electron chi connectivity index (χ4n) is 3.48. The summed E-state index contributed by atoms with van der Waals surface area (Å²) in [5, 5.41) is 0. The largest absolute Gasteiger partial charge is 0.359 e. The van der Waals surface area contributed by atoms with Gasteiger partial charge >= 0.3 is 0 Å². The molecule has 2 aliphatic heterocycles. The lowest BCUT2D eigenvalue weighted by Crippen LogP contribution is -2.51. The van der Waals surface area contributed by atoms with Gasteiger partial charge in [0.25, 0.3) is 0 Å². The van der Waals surface area contributed by atoms with Crippen LogP contribution in [0.2, 0.25) is 0 Å². The topological polar surface area (TPSA) is 21.6 Å². The third-order valence-corrected chi connectivity index (χ3v) is 6.89. The molecule has 0 amide bonds. The molecule has 0 saturated carbocycles. The molecule has 2 aromatic rings. The summed E-state index contributed by atoms with van der Waals surface area (Å²) in [5.74, 6) is 1.10. The van der Waals surface area contributed by atoms with E-state index >= 15 is 0 Å². The molecule has 2 nitrogen and oxygen atoms in total. The SMILES string of the molecule is C[C@@]1(c2ccccc2)C=Nc2ccc(Br)cc2[C@]12OCCCS2. The second-order valence-electron chi connectivity index (χ2n) is 6.16. The Balaban J connectivity index is 1.97. The number of fused-ring (bicyclic) bond motifs is 2. The van der Waals surface area contributed by atoms with Gasteiger partial charge in [-0.15, -0.1) is 11.8 Å². The van der Waals surface area contributed by atoms with Crippen LogP contribution in [0.3, 0.4) is 0 Å². The van der Waals surface area contributed by atoms with Gasteiger partial charge in [0.05, 0.1) is 11.1 Å². The minimum atomic E-state index is -0.423. The van der Waals surface area contributed by atoms with Crippen LogP contribution in [0.1, 0.15) is 24.5 Å². The van der Waals surface area contributed by atoms with Crippen molar-refractivity contribution in [2.45, 2.75) is 23.7 Å². The third-order valence-electron chi connectivity index (χ3n) is 4.73. The van der Waals surface area contributed by atoms with Gasteiger partial charge in [0.15, 0.2) is 4.93 Å². The number of rotatable bonds is 1. The minimum absolute atomic E-state index is 0.298. The van der Waals surface area contributed by atoms with Gasteiger partial charge in [0.1, 0.15) is 0 Å². The molecule has 2 atom stereocenters. The lowest BCUT2D eigenvalue weighted by atomic mass is 9.73. The highest BCUT2D eigenvalue weighted by atomic mass is 79.9. The van der Waals surface area contributed by atoms with Crippen LogP contribution in [0, 0.1) is 0 Å². The van der Waals surface area contributed by atoms with Crippen LogP contribution in [-0.2, 0) is 15.1 Å². The Labute approximate surface area is 149 Å². The Hall–Kier alpha value is -1.10. The predicted octanol–water partition coefficient (Wildman–Crippen LogP) is 5.43. The average molecular weight is 388 g/mol. The van der Waals surface area contributed by atoms with Crippen molar-refractivity contribution in [1.29, 1.82) is 0 Å². The Kier molecular flexibility index (Phi) is 3.87. The van der Waals surface area contributed by atoms with Crippen LogP contribution < -0.4 is 0 Å². The summed E-state index contributed by atoms with van der Waals surface area (Å²) in [7, 11) is 0. The van der Waals surface area contributed by atoms with Crippen LogP contribution >= 0.6 is 27.7 Å². The van der Waals surface area contributed by atoms with Gasteiger partial charge in [0.2, 0.25) is 0 Å². The zero-order valence-corrected chi connectivity index (χ0v) is 15.4. The van der Waals surface area contributed by atoms with E-state index in [2.05, 4.69) is 71.5 Å². The van der Waals surface area contributed by atoms with Crippen LogP contribution in [0.4, 0.5) is 5.69 Å². The molecule has 2 heterocycles. The molecular weight excluding hydrogens is 370 g/mol. The van der Waals surface area contributed by atoms with E-state index in [-0.39, 0.29) is 5.41 Å². The van der Waals surface area contributed by atoms with Crippen molar-refractivity contribution >= 4 is 39.6 Å². The molecule has 4 rings (SSSR count). The highest BCUT2D eigenvalue weighted by Gasteiger charge is 2.55. The molecule has 0 bridgehead atoms. The maximum atomic E-state index is 6.51. The summed E-state index contributed by atoms with van der Waals surface area (Å²) in [6.07, 6.45) is 3.18. The molecule has 4 heteroatoms. The number of thioether (sulfide) groups is 1. The van der Waals surface area contributed by atoms with Crippen molar-refractivity contribution in [3.8, 4) is 0 Å². The first-order chi connectivity index (χ1) is 11.2. The van der Waals surface area contributed by atoms with Crippen molar-refractivity contribution in [3.05, 3.63) is 64.1 Å². The van der Waals surface area contributed by atoms with Gasteiger partial charge in [-0.3, -0.25) is 4.99 Å². The molecular formula is C19H18BrNOS. The smallest absolute Gasteiger partial charge is 0.155 e. The Morgan fingerprint density at radius 3 is 2.74 bits per heavy atom. The zero-order chi connectivity index (χ0) is 15.9. The fraction of sp³-hybridized carbons (Fsp3) is 0.316. The van der Waals surface area contributed by atoms with Gasteiger partial charge in [-0.05, 0) is 42.9 Å². The molecule has 1 spiro atoms. The molecule has 2 aromatic carbocycles. The van der Waals surface area contributed by atoms with Crippen LogP contribution in [0.25, 0.3) is 0 Å². The number of ether oxygens (including phenoxy) is 1. The van der Waals surface area contributed by atoms with E-state index < -0.39 is 4.93 Å². The number of hydrogen-bond donors (Lipinski definition) is 0. The second-order valence-corrected chi connectivity index (χ2v) is 8.34. The molecule has 23 heavy (non-hydrogen) atoms. The fourth-order valence-corrected chi connectivity index (χ4v) is 5.35. The first-order valence-corrected chi connectivity index (χ1v) is 9.62. The van der Waals surface area contributed by atoms with Gasteiger partial charge in [0, 0.05) is 22.9 Å². The number of nitrogens with zero attached hydrogens (tertiary/aromatic N) is 1. The van der Waals surface area contributed by atoms with Gasteiger partial charge < -0.3 is 4.74 Å². The lowest BCUT2D eigenvalue weighted by Gasteiger charge is -2.50. The molecule has 118 valence electrons. The van der Waals surface area contributed by atoms with E-state index in [0.29, 0.717) is 0 Å². The highest BCUT2D eigenvalue weighted by Crippen LogP contribution is 2.58. The van der Waals surface area contributed by atoms with E-state index in [1.165, 1.54) is 11.1 Å².